The molecule has 2 aromatic rings. The van der Waals surface area contributed by atoms with E-state index in [1.54, 1.807) is 17.2 Å². The molecule has 0 saturated carbocycles. The number of halogens is 2. The lowest BCUT2D eigenvalue weighted by Gasteiger charge is -2.25. The highest BCUT2D eigenvalue weighted by atomic mass is 35.5. The third kappa shape index (κ3) is 5.37. The number of ether oxygens (including phenoxy) is 1. The number of urea groups is 1. The van der Waals surface area contributed by atoms with Gasteiger partial charge in [0, 0.05) is 38.6 Å². The number of imidazole rings is 1. The summed E-state index contributed by atoms with van der Waals surface area (Å²) in [6, 6.07) is 5.47. The molecule has 6 nitrogen and oxygen atoms in total. The molecule has 0 radical (unpaired) electrons. The fraction of sp³-hybridized carbons (Fsp3) is 0.474. The summed E-state index contributed by atoms with van der Waals surface area (Å²) >= 11 is 12.1. The average molecular weight is 411 g/mol. The van der Waals surface area contributed by atoms with E-state index >= 15 is 0 Å². The predicted molar refractivity (Wildman–Crippen MR) is 106 cm³/mol. The minimum Gasteiger partial charge on any atom is -0.376 e. The van der Waals surface area contributed by atoms with Gasteiger partial charge in [0.15, 0.2) is 0 Å². The Kier molecular flexibility index (Phi) is 6.99. The number of nitrogens with zero attached hydrogens (tertiary/aromatic N) is 3. The van der Waals surface area contributed by atoms with Crippen LogP contribution in [-0.4, -0.2) is 46.3 Å². The third-order valence-corrected chi connectivity index (χ3v) is 5.27. The van der Waals surface area contributed by atoms with Crippen molar-refractivity contribution in [2.24, 2.45) is 0 Å². The monoisotopic (exact) mass is 410 g/mol. The Bertz CT molecular complexity index is 775. The van der Waals surface area contributed by atoms with E-state index in [0.717, 1.165) is 30.8 Å². The molecular formula is C19H24Cl2N4O2. The van der Waals surface area contributed by atoms with Crippen LogP contribution >= 0.6 is 23.2 Å². The molecule has 0 spiro atoms. The van der Waals surface area contributed by atoms with Gasteiger partial charge in [-0.1, -0.05) is 29.3 Å². The Hall–Kier alpha value is -1.76. The summed E-state index contributed by atoms with van der Waals surface area (Å²) in [5.41, 5.74) is 1.02. The number of benzene rings is 1. The van der Waals surface area contributed by atoms with Crippen LogP contribution < -0.4 is 5.32 Å². The predicted octanol–water partition coefficient (Wildman–Crippen LogP) is 3.95. The first-order valence-electron chi connectivity index (χ1n) is 9.15. The molecule has 1 atom stereocenters. The van der Waals surface area contributed by atoms with E-state index < -0.39 is 0 Å². The summed E-state index contributed by atoms with van der Waals surface area (Å²) in [7, 11) is 0. The van der Waals surface area contributed by atoms with Gasteiger partial charge in [0.2, 0.25) is 0 Å². The molecule has 1 saturated heterocycles. The van der Waals surface area contributed by atoms with Gasteiger partial charge in [-0.25, -0.2) is 9.78 Å². The zero-order valence-electron chi connectivity index (χ0n) is 15.3. The van der Waals surface area contributed by atoms with Crippen LogP contribution in [0.5, 0.6) is 0 Å². The molecular weight excluding hydrogens is 387 g/mol. The van der Waals surface area contributed by atoms with E-state index in [-0.39, 0.29) is 12.1 Å². The number of rotatable bonds is 7. The largest absolute Gasteiger partial charge is 0.376 e. The second-order valence-corrected chi connectivity index (χ2v) is 7.39. The Labute approximate surface area is 169 Å². The van der Waals surface area contributed by atoms with Gasteiger partial charge in [-0.2, -0.15) is 0 Å². The van der Waals surface area contributed by atoms with E-state index in [1.165, 1.54) is 0 Å². The number of carbonyl (C=O) groups is 1. The SMILES string of the molecule is CCNC(=O)N(Cc1nccn1Cc1ccc(Cl)c(Cl)c1)C[C@H]1CCCO1. The van der Waals surface area contributed by atoms with Crippen LogP contribution in [0.15, 0.2) is 30.6 Å². The lowest BCUT2D eigenvalue weighted by atomic mass is 10.2. The van der Waals surface area contributed by atoms with Crippen LogP contribution in [0.4, 0.5) is 4.79 Å². The van der Waals surface area contributed by atoms with Gasteiger partial charge < -0.3 is 19.5 Å². The zero-order valence-corrected chi connectivity index (χ0v) is 16.8. The molecule has 0 bridgehead atoms. The second-order valence-electron chi connectivity index (χ2n) is 6.57. The molecule has 8 heteroatoms. The van der Waals surface area contributed by atoms with Gasteiger partial charge in [0.05, 0.1) is 22.7 Å². The van der Waals surface area contributed by atoms with Gasteiger partial charge in [-0.05, 0) is 37.5 Å². The van der Waals surface area contributed by atoms with E-state index in [2.05, 4.69) is 10.3 Å². The fourth-order valence-corrected chi connectivity index (χ4v) is 3.48. The van der Waals surface area contributed by atoms with Gasteiger partial charge >= 0.3 is 6.03 Å². The van der Waals surface area contributed by atoms with Gasteiger partial charge in [-0.3, -0.25) is 0 Å². The summed E-state index contributed by atoms with van der Waals surface area (Å²) in [6.45, 7) is 4.84. The normalized spacial score (nSPS) is 16.5. The molecule has 1 aliphatic rings. The van der Waals surface area contributed by atoms with Crippen molar-refractivity contribution >= 4 is 29.2 Å². The van der Waals surface area contributed by atoms with Crippen LogP contribution in [0.2, 0.25) is 10.0 Å². The quantitative estimate of drug-likeness (QED) is 0.751. The Balaban J connectivity index is 1.72. The molecule has 2 amide bonds. The summed E-state index contributed by atoms with van der Waals surface area (Å²) in [5, 5.41) is 3.94. The lowest BCUT2D eigenvalue weighted by Crippen LogP contribution is -2.43. The van der Waals surface area contributed by atoms with Crippen LogP contribution in [0.1, 0.15) is 31.2 Å². The van der Waals surface area contributed by atoms with Crippen LogP contribution in [0.25, 0.3) is 0 Å². The van der Waals surface area contributed by atoms with Crippen molar-refractivity contribution < 1.29 is 9.53 Å². The molecule has 1 N–H and O–H groups in total. The van der Waals surface area contributed by atoms with Crippen LogP contribution in [0.3, 0.4) is 0 Å². The van der Waals surface area contributed by atoms with Crippen molar-refractivity contribution in [1.82, 2.24) is 19.8 Å². The smallest absolute Gasteiger partial charge is 0.317 e. The number of nitrogens with one attached hydrogen (secondary N) is 1. The minimum absolute atomic E-state index is 0.0890. The molecule has 1 aromatic carbocycles. The number of aromatic nitrogens is 2. The minimum atomic E-state index is -0.0999. The highest BCUT2D eigenvalue weighted by Crippen LogP contribution is 2.23. The molecule has 3 rings (SSSR count). The highest BCUT2D eigenvalue weighted by Gasteiger charge is 2.23. The average Bonchev–Trinajstić information content (AvgIpc) is 3.30. The zero-order chi connectivity index (χ0) is 19.2. The molecule has 1 aromatic heterocycles. The second kappa shape index (κ2) is 9.44. The van der Waals surface area contributed by atoms with E-state index in [4.69, 9.17) is 27.9 Å². The number of hydrogen-bond donors (Lipinski definition) is 1. The first-order valence-corrected chi connectivity index (χ1v) is 9.90. The molecule has 1 aliphatic heterocycles. The van der Waals surface area contributed by atoms with Crippen molar-refractivity contribution in [1.29, 1.82) is 0 Å². The topological polar surface area (TPSA) is 59.4 Å². The Morgan fingerprint density at radius 3 is 2.96 bits per heavy atom. The summed E-state index contributed by atoms with van der Waals surface area (Å²) in [5.74, 6) is 0.810. The van der Waals surface area contributed by atoms with Crippen LogP contribution in [0, 0.1) is 0 Å². The van der Waals surface area contributed by atoms with Gasteiger partial charge in [0.25, 0.3) is 0 Å². The molecule has 0 unspecified atom stereocenters. The van der Waals surface area contributed by atoms with Crippen molar-refractivity contribution in [2.45, 2.75) is 39.0 Å². The van der Waals surface area contributed by atoms with Crippen LogP contribution in [-0.2, 0) is 17.8 Å². The third-order valence-electron chi connectivity index (χ3n) is 4.53. The van der Waals surface area contributed by atoms with Crippen molar-refractivity contribution in [3.8, 4) is 0 Å². The number of carbonyl (C=O) groups excluding carboxylic acids is 1. The van der Waals surface area contributed by atoms with E-state index in [0.29, 0.717) is 36.2 Å². The van der Waals surface area contributed by atoms with Crippen molar-refractivity contribution in [3.63, 3.8) is 0 Å². The maximum atomic E-state index is 12.5. The number of hydrogen-bond acceptors (Lipinski definition) is 3. The molecule has 0 aliphatic carbocycles. The maximum Gasteiger partial charge on any atom is 0.317 e. The van der Waals surface area contributed by atoms with Crippen molar-refractivity contribution in [2.75, 3.05) is 19.7 Å². The summed E-state index contributed by atoms with van der Waals surface area (Å²) < 4.78 is 7.72. The van der Waals surface area contributed by atoms with E-state index in [9.17, 15) is 4.79 Å². The standard InChI is InChI=1S/C19H24Cl2N4O2/c1-2-22-19(26)25(12-15-4-3-9-27-15)13-18-23-7-8-24(18)11-14-5-6-16(20)17(21)10-14/h5-8,10,15H,2-4,9,11-13H2,1H3,(H,22,26)/t15-/m1/s1. The van der Waals surface area contributed by atoms with Gasteiger partial charge in [0.1, 0.15) is 5.82 Å². The summed E-state index contributed by atoms with van der Waals surface area (Å²) in [4.78, 5) is 18.7. The van der Waals surface area contributed by atoms with Crippen molar-refractivity contribution in [3.05, 3.63) is 52.0 Å². The first-order chi connectivity index (χ1) is 13.1. The summed E-state index contributed by atoms with van der Waals surface area (Å²) in [6.07, 6.45) is 5.76. The Morgan fingerprint density at radius 1 is 1.41 bits per heavy atom. The van der Waals surface area contributed by atoms with Gasteiger partial charge in [-0.15, -0.1) is 0 Å². The highest BCUT2D eigenvalue weighted by molar-refractivity contribution is 6.42. The maximum absolute atomic E-state index is 12.5. The fourth-order valence-electron chi connectivity index (χ4n) is 3.16. The number of amides is 2. The lowest BCUT2D eigenvalue weighted by molar-refractivity contribution is 0.0787. The van der Waals surface area contributed by atoms with E-state index in [1.807, 2.05) is 29.8 Å². The molecule has 2 heterocycles. The molecule has 1 fully saturated rings. The Morgan fingerprint density at radius 2 is 2.26 bits per heavy atom. The molecule has 146 valence electrons. The molecule has 27 heavy (non-hydrogen) atoms. The first kappa shape index (κ1) is 20.0.